The quantitative estimate of drug-likeness (QED) is 0.328. The molecule has 3 aromatic carbocycles. The number of aliphatic carboxylic acids is 1. The molecule has 0 aromatic heterocycles. The number of rotatable bonds is 10. The molecule has 3 atom stereocenters. The highest BCUT2D eigenvalue weighted by Gasteiger charge is 2.48. The summed E-state index contributed by atoms with van der Waals surface area (Å²) in [6, 6.07) is 16.8. The second-order valence-corrected chi connectivity index (χ2v) is 10.7. The Kier molecular flexibility index (Phi) is 8.49. The van der Waals surface area contributed by atoms with Crippen LogP contribution in [0.5, 0.6) is 17.2 Å². The molecular formula is C33H38N2O6. The number of ether oxygens (including phenoxy) is 3. The zero-order chi connectivity index (χ0) is 29.1. The molecule has 0 radical (unpaired) electrons. The molecule has 1 amide bonds. The number of likely N-dealkylation sites (tertiary alicyclic amines) is 1. The van der Waals surface area contributed by atoms with Crippen LogP contribution >= 0.6 is 0 Å². The van der Waals surface area contributed by atoms with Crippen molar-refractivity contribution in [1.82, 2.24) is 4.90 Å². The van der Waals surface area contributed by atoms with Crippen LogP contribution in [0.2, 0.25) is 0 Å². The van der Waals surface area contributed by atoms with E-state index in [4.69, 9.17) is 14.2 Å². The monoisotopic (exact) mass is 558 g/mol. The summed E-state index contributed by atoms with van der Waals surface area (Å²) in [6.45, 7) is 9.30. The Hall–Kier alpha value is -4.04. The third-order valence-corrected chi connectivity index (χ3v) is 8.06. The fourth-order valence-electron chi connectivity index (χ4n) is 6.22. The molecule has 0 spiro atoms. The van der Waals surface area contributed by atoms with Crippen molar-refractivity contribution < 1.29 is 28.9 Å². The molecule has 41 heavy (non-hydrogen) atoms. The first-order chi connectivity index (χ1) is 19.8. The van der Waals surface area contributed by atoms with Crippen LogP contribution in [0.15, 0.2) is 54.6 Å². The normalized spacial score (nSPS) is 19.8. The van der Waals surface area contributed by atoms with E-state index < -0.39 is 17.9 Å². The minimum absolute atomic E-state index is 0.0584. The van der Waals surface area contributed by atoms with Crippen molar-refractivity contribution in [2.75, 3.05) is 31.8 Å². The van der Waals surface area contributed by atoms with Crippen LogP contribution in [-0.2, 0) is 22.4 Å². The Bertz CT molecular complexity index is 1390. The van der Waals surface area contributed by atoms with Gasteiger partial charge in [-0.25, -0.2) is 0 Å². The Morgan fingerprint density at radius 3 is 2.24 bits per heavy atom. The number of amides is 1. The van der Waals surface area contributed by atoms with Gasteiger partial charge in [-0.05, 0) is 73.2 Å². The van der Waals surface area contributed by atoms with Gasteiger partial charge in [-0.2, -0.15) is 0 Å². The molecule has 1 saturated heterocycles. The zero-order valence-electron chi connectivity index (χ0n) is 24.1. The number of hydrogen-bond donors (Lipinski definition) is 2. The number of hydrogen-bond acceptors (Lipinski definition) is 6. The number of aryl methyl sites for hydroxylation is 3. The topological polar surface area (TPSA) is 97.3 Å². The highest BCUT2D eigenvalue weighted by molar-refractivity contribution is 5.94. The van der Waals surface area contributed by atoms with Crippen molar-refractivity contribution in [2.24, 2.45) is 5.92 Å². The van der Waals surface area contributed by atoms with Gasteiger partial charge in [0.15, 0.2) is 11.5 Å². The Morgan fingerprint density at radius 1 is 0.951 bits per heavy atom. The summed E-state index contributed by atoms with van der Waals surface area (Å²) >= 11 is 0. The van der Waals surface area contributed by atoms with E-state index in [0.29, 0.717) is 24.7 Å². The van der Waals surface area contributed by atoms with Gasteiger partial charge < -0.3 is 24.6 Å². The van der Waals surface area contributed by atoms with E-state index in [2.05, 4.69) is 38.2 Å². The summed E-state index contributed by atoms with van der Waals surface area (Å²) in [7, 11) is 0. The predicted molar refractivity (Wildman–Crippen MR) is 157 cm³/mol. The molecule has 3 aromatic rings. The number of anilines is 1. The summed E-state index contributed by atoms with van der Waals surface area (Å²) < 4.78 is 16.7. The number of fused-ring (bicyclic) bond motifs is 1. The molecule has 0 aliphatic carbocycles. The molecule has 0 bridgehead atoms. The third kappa shape index (κ3) is 5.88. The van der Waals surface area contributed by atoms with E-state index in [9.17, 15) is 14.7 Å². The van der Waals surface area contributed by atoms with Crippen LogP contribution in [0.3, 0.4) is 0 Å². The van der Waals surface area contributed by atoms with E-state index in [1.807, 2.05) is 54.3 Å². The van der Waals surface area contributed by atoms with Gasteiger partial charge in [0, 0.05) is 24.2 Å². The third-order valence-electron chi connectivity index (χ3n) is 8.06. The number of carbonyl (C=O) groups excluding carboxylic acids is 1. The number of carboxylic acid groups (broad SMARTS) is 1. The second-order valence-electron chi connectivity index (χ2n) is 10.7. The smallest absolute Gasteiger partial charge is 0.309 e. The van der Waals surface area contributed by atoms with Gasteiger partial charge in [0.05, 0.1) is 19.1 Å². The Morgan fingerprint density at radius 2 is 1.61 bits per heavy atom. The van der Waals surface area contributed by atoms with E-state index in [1.165, 1.54) is 5.56 Å². The van der Waals surface area contributed by atoms with Gasteiger partial charge in [-0.15, -0.1) is 0 Å². The number of carbonyl (C=O) groups is 2. The first-order valence-corrected chi connectivity index (χ1v) is 14.3. The van der Waals surface area contributed by atoms with Crippen molar-refractivity contribution in [2.45, 2.75) is 52.5 Å². The maximum absolute atomic E-state index is 13.6. The van der Waals surface area contributed by atoms with Crippen LogP contribution in [-0.4, -0.2) is 48.4 Å². The average molecular weight is 559 g/mol. The zero-order valence-corrected chi connectivity index (χ0v) is 24.1. The molecule has 2 aliphatic heterocycles. The van der Waals surface area contributed by atoms with E-state index in [-0.39, 0.29) is 25.2 Å². The van der Waals surface area contributed by atoms with Crippen LogP contribution in [0.4, 0.5) is 5.69 Å². The van der Waals surface area contributed by atoms with Gasteiger partial charge >= 0.3 is 5.97 Å². The summed E-state index contributed by atoms with van der Waals surface area (Å²) in [6.07, 6.45) is 1.60. The second kappa shape index (κ2) is 12.2. The predicted octanol–water partition coefficient (Wildman–Crippen LogP) is 5.73. The summed E-state index contributed by atoms with van der Waals surface area (Å²) in [4.78, 5) is 28.5. The van der Waals surface area contributed by atoms with Gasteiger partial charge in [-0.1, -0.05) is 49.7 Å². The lowest BCUT2D eigenvalue weighted by Crippen LogP contribution is -2.35. The standard InChI is InChI=1S/C33H38N2O6/c1-5-21-14-20(4)15-22(6-2)31(21)34-29(36)18-35-17-26(24-10-13-27-28(16-24)41-19-40-27)30(33(37)38)32(35)23-8-11-25(12-9-23)39-7-3/h8-16,26,30,32H,5-7,17-19H2,1-4H3,(H,34,36)(H,37,38)/t26-,30?,32+/m1/s1. The fraction of sp³-hybridized carbons (Fsp3) is 0.394. The van der Waals surface area contributed by atoms with E-state index in [1.54, 1.807) is 0 Å². The van der Waals surface area contributed by atoms with Gasteiger partial charge in [0.1, 0.15) is 5.75 Å². The fourth-order valence-corrected chi connectivity index (χ4v) is 6.22. The van der Waals surface area contributed by atoms with Crippen molar-refractivity contribution in [3.63, 3.8) is 0 Å². The van der Waals surface area contributed by atoms with Gasteiger partial charge in [0.25, 0.3) is 0 Å². The van der Waals surface area contributed by atoms with E-state index >= 15 is 0 Å². The Labute approximate surface area is 241 Å². The summed E-state index contributed by atoms with van der Waals surface area (Å²) in [5.41, 5.74) is 5.91. The van der Waals surface area contributed by atoms with Crippen molar-refractivity contribution in [3.05, 3.63) is 82.4 Å². The van der Waals surface area contributed by atoms with E-state index in [0.717, 1.165) is 46.5 Å². The molecule has 8 nitrogen and oxygen atoms in total. The van der Waals surface area contributed by atoms with Crippen LogP contribution in [0.1, 0.15) is 60.5 Å². The number of carboxylic acids is 1. The summed E-state index contributed by atoms with van der Waals surface area (Å²) in [5.74, 6) is -0.231. The molecule has 0 saturated carbocycles. The van der Waals surface area contributed by atoms with Crippen LogP contribution < -0.4 is 19.5 Å². The lowest BCUT2D eigenvalue weighted by atomic mass is 9.82. The minimum atomic E-state index is -0.908. The Balaban J connectivity index is 1.48. The average Bonchev–Trinajstić information content (AvgIpc) is 3.58. The molecule has 2 N–H and O–H groups in total. The highest BCUT2D eigenvalue weighted by Crippen LogP contribution is 2.47. The molecule has 1 fully saturated rings. The number of benzene rings is 3. The van der Waals surface area contributed by atoms with Gasteiger partial charge in [-0.3, -0.25) is 14.5 Å². The lowest BCUT2D eigenvalue weighted by Gasteiger charge is -2.27. The first kappa shape index (κ1) is 28.5. The van der Waals surface area contributed by atoms with Crippen molar-refractivity contribution in [1.29, 1.82) is 0 Å². The van der Waals surface area contributed by atoms with Crippen LogP contribution in [0.25, 0.3) is 0 Å². The molecule has 2 aliphatic rings. The number of nitrogens with one attached hydrogen (secondary N) is 1. The molecule has 5 rings (SSSR count). The number of nitrogens with zero attached hydrogens (tertiary/aromatic N) is 1. The molecule has 8 heteroatoms. The maximum atomic E-state index is 13.6. The van der Waals surface area contributed by atoms with Crippen molar-refractivity contribution in [3.8, 4) is 17.2 Å². The minimum Gasteiger partial charge on any atom is -0.494 e. The first-order valence-electron chi connectivity index (χ1n) is 14.3. The highest BCUT2D eigenvalue weighted by atomic mass is 16.7. The van der Waals surface area contributed by atoms with Crippen molar-refractivity contribution >= 4 is 17.6 Å². The summed E-state index contributed by atoms with van der Waals surface area (Å²) in [5, 5.41) is 13.7. The van der Waals surface area contributed by atoms with Crippen LogP contribution in [0, 0.1) is 12.8 Å². The lowest BCUT2D eigenvalue weighted by molar-refractivity contribution is -0.143. The molecular weight excluding hydrogens is 520 g/mol. The molecule has 2 heterocycles. The maximum Gasteiger partial charge on any atom is 0.309 e. The largest absolute Gasteiger partial charge is 0.494 e. The SMILES string of the molecule is CCOc1ccc([C@H]2C(C(=O)O)[C@@H](c3ccc4c(c3)OCO4)CN2CC(=O)Nc2c(CC)cc(C)cc2CC)cc1. The molecule has 1 unspecified atom stereocenters. The molecule has 216 valence electrons. The van der Waals surface area contributed by atoms with Gasteiger partial charge in [0.2, 0.25) is 12.7 Å².